The molecule has 0 aromatic heterocycles. The third kappa shape index (κ3) is 2.67. The molecule has 1 N–H and O–H groups in total. The first-order chi connectivity index (χ1) is 8.72. The van der Waals surface area contributed by atoms with Gasteiger partial charge >= 0.3 is 5.97 Å². The molecule has 0 unspecified atom stereocenters. The zero-order valence-corrected chi connectivity index (χ0v) is 10.3. The Labute approximate surface area is 105 Å². The minimum absolute atomic E-state index is 0.101. The number of hydrogen-bond acceptors (Lipinski definition) is 4. The summed E-state index contributed by atoms with van der Waals surface area (Å²) in [7, 11) is 0. The molecule has 0 atom stereocenters. The van der Waals surface area contributed by atoms with E-state index in [0.29, 0.717) is 23.9 Å². The third-order valence-electron chi connectivity index (χ3n) is 2.69. The molecule has 0 saturated heterocycles. The lowest BCUT2D eigenvalue weighted by Gasteiger charge is -2.09. The van der Waals surface area contributed by atoms with Crippen molar-refractivity contribution in [1.29, 1.82) is 0 Å². The van der Waals surface area contributed by atoms with Crippen molar-refractivity contribution in [2.75, 3.05) is 13.4 Å². The van der Waals surface area contributed by atoms with Gasteiger partial charge in [-0.15, -0.1) is 0 Å². The van der Waals surface area contributed by atoms with Crippen molar-refractivity contribution in [3.63, 3.8) is 0 Å². The van der Waals surface area contributed by atoms with Crippen molar-refractivity contribution in [3.8, 4) is 17.2 Å². The lowest BCUT2D eigenvalue weighted by Crippen LogP contribution is -2.01. The van der Waals surface area contributed by atoms with Crippen LogP contribution in [0.3, 0.4) is 0 Å². The number of hydrogen-bond donors (Lipinski definition) is 1. The molecule has 0 spiro atoms. The fourth-order valence-corrected chi connectivity index (χ4v) is 1.74. The van der Waals surface area contributed by atoms with E-state index in [-0.39, 0.29) is 12.4 Å². The summed E-state index contributed by atoms with van der Waals surface area (Å²) < 4.78 is 16.0. The van der Waals surface area contributed by atoms with E-state index in [9.17, 15) is 4.79 Å². The zero-order valence-electron chi connectivity index (χ0n) is 10.3. The number of ether oxygens (including phenoxy) is 3. The van der Waals surface area contributed by atoms with Crippen LogP contribution in [-0.4, -0.2) is 24.5 Å². The highest BCUT2D eigenvalue weighted by molar-refractivity contribution is 5.89. The second-order valence-corrected chi connectivity index (χ2v) is 4.07. The number of fused-ring (bicyclic) bond motifs is 1. The Kier molecular flexibility index (Phi) is 3.92. The Morgan fingerprint density at radius 3 is 2.94 bits per heavy atom. The molecule has 98 valence electrons. The summed E-state index contributed by atoms with van der Waals surface area (Å²) in [5, 5.41) is 9.00. The average molecular weight is 252 g/mol. The molecule has 1 aromatic rings. The van der Waals surface area contributed by atoms with Crippen LogP contribution < -0.4 is 14.2 Å². The quantitative estimate of drug-likeness (QED) is 0.788. The molecule has 1 aliphatic heterocycles. The number of unbranched alkanes of at least 4 members (excludes halogenated alkanes) is 2. The lowest BCUT2D eigenvalue weighted by molar-refractivity contribution is 0.0696. The predicted octanol–water partition coefficient (Wildman–Crippen LogP) is 2.68. The normalized spacial score (nSPS) is 12.5. The van der Waals surface area contributed by atoms with Crippen molar-refractivity contribution >= 4 is 5.97 Å². The second kappa shape index (κ2) is 5.62. The van der Waals surface area contributed by atoms with Crippen LogP contribution in [0.1, 0.15) is 36.5 Å². The molecule has 2 rings (SSSR count). The van der Waals surface area contributed by atoms with Crippen molar-refractivity contribution < 1.29 is 24.1 Å². The topological polar surface area (TPSA) is 65.0 Å². The molecular formula is C13H16O5. The van der Waals surface area contributed by atoms with Crippen LogP contribution in [-0.2, 0) is 0 Å². The maximum absolute atomic E-state index is 11.0. The molecule has 5 heteroatoms. The van der Waals surface area contributed by atoms with E-state index in [2.05, 4.69) is 6.92 Å². The molecule has 0 fully saturated rings. The molecule has 1 aliphatic rings. The van der Waals surface area contributed by atoms with E-state index in [0.717, 1.165) is 19.3 Å². The van der Waals surface area contributed by atoms with Gasteiger partial charge in [-0.1, -0.05) is 19.8 Å². The number of benzene rings is 1. The first-order valence-corrected chi connectivity index (χ1v) is 6.02. The Morgan fingerprint density at radius 1 is 1.39 bits per heavy atom. The summed E-state index contributed by atoms with van der Waals surface area (Å²) in [4.78, 5) is 11.0. The molecule has 0 aliphatic carbocycles. The Balaban J connectivity index is 2.14. The van der Waals surface area contributed by atoms with Gasteiger partial charge in [-0.3, -0.25) is 0 Å². The molecule has 1 heterocycles. The van der Waals surface area contributed by atoms with Crippen LogP contribution in [0.25, 0.3) is 0 Å². The molecule has 18 heavy (non-hydrogen) atoms. The molecule has 0 bridgehead atoms. The van der Waals surface area contributed by atoms with E-state index in [1.807, 2.05) is 0 Å². The lowest BCUT2D eigenvalue weighted by atomic mass is 10.2. The van der Waals surface area contributed by atoms with Gasteiger partial charge in [-0.05, 0) is 18.6 Å². The molecule has 1 aromatic carbocycles. The fraction of sp³-hybridized carbons (Fsp3) is 0.462. The SMILES string of the molecule is CCCCCOc1cc(C(=O)O)cc2c1OCO2. The van der Waals surface area contributed by atoms with E-state index in [1.165, 1.54) is 12.1 Å². The number of carbonyl (C=O) groups is 1. The van der Waals surface area contributed by atoms with Crippen LogP contribution in [0.15, 0.2) is 12.1 Å². The predicted molar refractivity (Wildman–Crippen MR) is 64.5 cm³/mol. The van der Waals surface area contributed by atoms with Gasteiger partial charge < -0.3 is 19.3 Å². The summed E-state index contributed by atoms with van der Waals surface area (Å²) in [6, 6.07) is 2.92. The number of rotatable bonds is 6. The number of carboxylic acid groups (broad SMARTS) is 1. The third-order valence-corrected chi connectivity index (χ3v) is 2.69. The highest BCUT2D eigenvalue weighted by Crippen LogP contribution is 2.42. The summed E-state index contributed by atoms with van der Waals surface area (Å²) in [5.41, 5.74) is 0.143. The van der Waals surface area contributed by atoms with E-state index >= 15 is 0 Å². The van der Waals surface area contributed by atoms with Gasteiger partial charge in [0.05, 0.1) is 12.2 Å². The highest BCUT2D eigenvalue weighted by Gasteiger charge is 2.22. The summed E-state index contributed by atoms with van der Waals surface area (Å²) >= 11 is 0. The van der Waals surface area contributed by atoms with Crippen LogP contribution in [0.4, 0.5) is 0 Å². The maximum atomic E-state index is 11.0. The number of aromatic carboxylic acids is 1. The Morgan fingerprint density at radius 2 is 2.22 bits per heavy atom. The second-order valence-electron chi connectivity index (χ2n) is 4.07. The van der Waals surface area contributed by atoms with Crippen molar-refractivity contribution in [2.24, 2.45) is 0 Å². The molecule has 5 nitrogen and oxygen atoms in total. The summed E-state index contributed by atoms with van der Waals surface area (Å²) in [6.45, 7) is 2.76. The van der Waals surface area contributed by atoms with Gasteiger partial charge in [-0.25, -0.2) is 4.79 Å². The minimum atomic E-state index is -1.01. The molecule has 0 radical (unpaired) electrons. The van der Waals surface area contributed by atoms with Gasteiger partial charge in [0.25, 0.3) is 0 Å². The average Bonchev–Trinajstić information content (AvgIpc) is 2.82. The Hall–Kier alpha value is -1.91. The van der Waals surface area contributed by atoms with Crippen molar-refractivity contribution in [2.45, 2.75) is 26.2 Å². The maximum Gasteiger partial charge on any atom is 0.335 e. The largest absolute Gasteiger partial charge is 0.490 e. The van der Waals surface area contributed by atoms with Gasteiger partial charge in [0.15, 0.2) is 11.5 Å². The van der Waals surface area contributed by atoms with Gasteiger partial charge in [0.2, 0.25) is 12.5 Å². The van der Waals surface area contributed by atoms with Crippen molar-refractivity contribution in [3.05, 3.63) is 17.7 Å². The van der Waals surface area contributed by atoms with Gasteiger partial charge in [-0.2, -0.15) is 0 Å². The molecule has 0 saturated carbocycles. The molecular weight excluding hydrogens is 236 g/mol. The fourth-order valence-electron chi connectivity index (χ4n) is 1.74. The Bertz CT molecular complexity index is 441. The van der Waals surface area contributed by atoms with Gasteiger partial charge in [0.1, 0.15) is 0 Å². The number of carboxylic acids is 1. The van der Waals surface area contributed by atoms with E-state index in [1.54, 1.807) is 0 Å². The van der Waals surface area contributed by atoms with E-state index in [4.69, 9.17) is 19.3 Å². The zero-order chi connectivity index (χ0) is 13.0. The van der Waals surface area contributed by atoms with Crippen LogP contribution in [0, 0.1) is 0 Å². The summed E-state index contributed by atoms with van der Waals surface area (Å²) in [5.74, 6) is 0.363. The van der Waals surface area contributed by atoms with E-state index < -0.39 is 5.97 Å². The first-order valence-electron chi connectivity index (χ1n) is 6.02. The van der Waals surface area contributed by atoms with Crippen LogP contribution in [0.5, 0.6) is 17.2 Å². The van der Waals surface area contributed by atoms with Crippen LogP contribution in [0.2, 0.25) is 0 Å². The minimum Gasteiger partial charge on any atom is -0.490 e. The van der Waals surface area contributed by atoms with Crippen molar-refractivity contribution in [1.82, 2.24) is 0 Å². The summed E-state index contributed by atoms with van der Waals surface area (Å²) in [6.07, 6.45) is 3.12. The van der Waals surface area contributed by atoms with Gasteiger partial charge in [0, 0.05) is 0 Å². The smallest absolute Gasteiger partial charge is 0.335 e. The standard InChI is InChI=1S/C13H16O5/c1-2-3-4-5-16-10-6-9(13(14)15)7-11-12(10)18-8-17-11/h6-7H,2-5,8H2,1H3,(H,14,15). The monoisotopic (exact) mass is 252 g/mol. The van der Waals surface area contributed by atoms with Crippen LogP contribution >= 0.6 is 0 Å². The molecule has 0 amide bonds. The highest BCUT2D eigenvalue weighted by atomic mass is 16.7. The first kappa shape index (κ1) is 12.5.